The first-order valence-corrected chi connectivity index (χ1v) is 19.7. The molecule has 0 aliphatic heterocycles. The van der Waals surface area contributed by atoms with Crippen molar-refractivity contribution in [2.45, 2.75) is 0 Å². The molecule has 0 amide bonds. The highest BCUT2D eigenvalue weighted by Gasteiger charge is 2.22. The lowest BCUT2D eigenvalue weighted by Crippen LogP contribution is -1.95. The summed E-state index contributed by atoms with van der Waals surface area (Å²) in [4.78, 5) is 10.9. The number of fused-ring (bicyclic) bond motifs is 10. The first-order chi connectivity index (χ1) is 27.7. The van der Waals surface area contributed by atoms with Gasteiger partial charge in [0.1, 0.15) is 11.2 Å². The maximum absolute atomic E-state index is 6.65. The average molecular weight is 731 g/mol. The molecule has 260 valence electrons. The van der Waals surface area contributed by atoms with Crippen LogP contribution >= 0.6 is 11.3 Å². The van der Waals surface area contributed by atoms with Crippen LogP contribution in [0.2, 0.25) is 0 Å². The van der Waals surface area contributed by atoms with Crippen LogP contribution in [-0.4, -0.2) is 9.97 Å². The molecule has 0 saturated carbocycles. The third-order valence-corrected chi connectivity index (χ3v) is 12.4. The molecule has 0 aliphatic carbocycles. The third kappa shape index (κ3) is 4.83. The summed E-state index contributed by atoms with van der Waals surface area (Å²) in [7, 11) is 0. The van der Waals surface area contributed by atoms with E-state index >= 15 is 0 Å². The second-order valence-electron chi connectivity index (χ2n) is 14.5. The van der Waals surface area contributed by atoms with Gasteiger partial charge in [0.25, 0.3) is 0 Å². The molecule has 0 saturated heterocycles. The van der Waals surface area contributed by atoms with Gasteiger partial charge < -0.3 is 4.42 Å². The van der Waals surface area contributed by atoms with Gasteiger partial charge in [0, 0.05) is 32.0 Å². The van der Waals surface area contributed by atoms with Crippen LogP contribution in [0.25, 0.3) is 119 Å². The minimum absolute atomic E-state index is 0.680. The molecule has 0 N–H and O–H groups in total. The van der Waals surface area contributed by atoms with E-state index in [4.69, 9.17) is 14.4 Å². The van der Waals surface area contributed by atoms with E-state index in [1.165, 1.54) is 42.6 Å². The lowest BCUT2D eigenvalue weighted by Gasteiger charge is -2.13. The van der Waals surface area contributed by atoms with Gasteiger partial charge in [-0.3, -0.25) is 0 Å². The molecule has 0 atom stereocenters. The fourth-order valence-corrected chi connectivity index (χ4v) is 9.75. The largest absolute Gasteiger partial charge is 0.456 e. The molecule has 4 heteroatoms. The molecular formula is C52H30N2OS. The van der Waals surface area contributed by atoms with E-state index in [2.05, 4.69) is 170 Å². The topological polar surface area (TPSA) is 38.9 Å². The molecule has 3 aromatic heterocycles. The van der Waals surface area contributed by atoms with E-state index in [9.17, 15) is 0 Å². The van der Waals surface area contributed by atoms with Gasteiger partial charge in [-0.15, -0.1) is 11.3 Å². The Morgan fingerprint density at radius 3 is 2.00 bits per heavy atom. The molecular weight excluding hydrogens is 701 g/mol. The summed E-state index contributed by atoms with van der Waals surface area (Å²) in [6.07, 6.45) is 0. The number of hydrogen-bond donors (Lipinski definition) is 0. The molecule has 0 spiro atoms. The predicted octanol–water partition coefficient (Wildman–Crippen LogP) is 14.9. The molecule has 9 aromatic carbocycles. The van der Waals surface area contributed by atoms with Gasteiger partial charge in [-0.25, -0.2) is 9.97 Å². The van der Waals surface area contributed by atoms with Gasteiger partial charge >= 0.3 is 0 Å². The maximum atomic E-state index is 6.65. The van der Waals surface area contributed by atoms with E-state index in [1.807, 2.05) is 12.1 Å². The zero-order valence-electron chi connectivity index (χ0n) is 30.0. The second-order valence-corrected chi connectivity index (χ2v) is 15.6. The minimum Gasteiger partial charge on any atom is -0.456 e. The molecule has 0 bridgehead atoms. The van der Waals surface area contributed by atoms with Crippen molar-refractivity contribution >= 4 is 85.9 Å². The molecule has 0 aliphatic rings. The van der Waals surface area contributed by atoms with Crippen molar-refractivity contribution < 1.29 is 4.42 Å². The maximum Gasteiger partial charge on any atom is 0.161 e. The SMILES string of the molecule is c1cc(-c2cc(-c3nc(-c4ccc5ccccc5c4)c4sc5ccccc5c4n3)c3c(c2)oc2ccccc23)cc(-c2cc3ccccc3c3ccccc23)c1. The van der Waals surface area contributed by atoms with E-state index in [0.29, 0.717) is 5.82 Å². The molecule has 0 fully saturated rings. The zero-order chi connectivity index (χ0) is 36.7. The lowest BCUT2D eigenvalue weighted by atomic mass is 9.91. The normalized spacial score (nSPS) is 11.9. The predicted molar refractivity (Wildman–Crippen MR) is 236 cm³/mol. The Labute approximate surface area is 325 Å². The van der Waals surface area contributed by atoms with Gasteiger partial charge in [0.05, 0.1) is 15.9 Å². The van der Waals surface area contributed by atoms with Gasteiger partial charge in [-0.05, 0) is 97.0 Å². The lowest BCUT2D eigenvalue weighted by molar-refractivity contribution is 0.669. The number of thiophene rings is 1. The Kier molecular flexibility index (Phi) is 6.80. The van der Waals surface area contributed by atoms with Gasteiger partial charge in [0.15, 0.2) is 5.82 Å². The van der Waals surface area contributed by atoms with Crippen LogP contribution in [0.3, 0.4) is 0 Å². The highest BCUT2D eigenvalue weighted by molar-refractivity contribution is 7.26. The number of aromatic nitrogens is 2. The Hall–Kier alpha value is -7.14. The van der Waals surface area contributed by atoms with Gasteiger partial charge in [-0.2, -0.15) is 0 Å². The summed E-state index contributed by atoms with van der Waals surface area (Å²) in [5.74, 6) is 0.680. The van der Waals surface area contributed by atoms with Crippen LogP contribution < -0.4 is 0 Å². The summed E-state index contributed by atoms with van der Waals surface area (Å²) in [5.41, 5.74) is 10.1. The summed E-state index contributed by atoms with van der Waals surface area (Å²) < 4.78 is 8.93. The van der Waals surface area contributed by atoms with E-state index in [0.717, 1.165) is 71.1 Å². The number of hydrogen-bond acceptors (Lipinski definition) is 4. The molecule has 12 rings (SSSR count). The Morgan fingerprint density at radius 2 is 1.11 bits per heavy atom. The van der Waals surface area contributed by atoms with Crippen LogP contribution in [-0.2, 0) is 0 Å². The summed E-state index contributed by atoms with van der Waals surface area (Å²) in [6.45, 7) is 0. The highest BCUT2D eigenvalue weighted by atomic mass is 32.1. The average Bonchev–Trinajstić information content (AvgIpc) is 3.84. The highest BCUT2D eigenvalue weighted by Crippen LogP contribution is 2.44. The van der Waals surface area contributed by atoms with Crippen LogP contribution in [0.15, 0.2) is 186 Å². The van der Waals surface area contributed by atoms with Crippen LogP contribution in [0.5, 0.6) is 0 Å². The Balaban J connectivity index is 1.12. The number of furan rings is 1. The second kappa shape index (κ2) is 12.2. The van der Waals surface area contributed by atoms with Gasteiger partial charge in [-0.1, -0.05) is 140 Å². The van der Waals surface area contributed by atoms with Gasteiger partial charge in [0.2, 0.25) is 0 Å². The van der Waals surface area contributed by atoms with Crippen molar-refractivity contribution in [2.24, 2.45) is 0 Å². The molecule has 56 heavy (non-hydrogen) atoms. The Morgan fingerprint density at radius 1 is 0.393 bits per heavy atom. The molecule has 0 radical (unpaired) electrons. The fourth-order valence-electron chi connectivity index (χ4n) is 8.60. The first-order valence-electron chi connectivity index (χ1n) is 18.9. The van der Waals surface area contributed by atoms with E-state index in [-0.39, 0.29) is 0 Å². The van der Waals surface area contributed by atoms with Crippen LogP contribution in [0.1, 0.15) is 0 Å². The van der Waals surface area contributed by atoms with Crippen LogP contribution in [0.4, 0.5) is 0 Å². The van der Waals surface area contributed by atoms with Crippen molar-refractivity contribution in [3.63, 3.8) is 0 Å². The van der Waals surface area contributed by atoms with Crippen LogP contribution in [0, 0.1) is 0 Å². The number of para-hydroxylation sites is 1. The molecule has 3 heterocycles. The smallest absolute Gasteiger partial charge is 0.161 e. The minimum atomic E-state index is 0.680. The fraction of sp³-hybridized carbons (Fsp3) is 0. The van der Waals surface area contributed by atoms with Crippen molar-refractivity contribution in [2.75, 3.05) is 0 Å². The quantitative estimate of drug-likeness (QED) is 0.169. The standard InChI is InChI=1S/C52H30N2OS/c1-2-13-32-27-36(25-24-31(32)12-1)49-51-50(42-21-8-10-23-47(42)56-51)54-52(53-49)44-29-37(30-46-48(44)41-20-7-9-22-45(41)55-46)33-15-11-16-34(26-33)43-28-35-14-3-4-17-38(35)39-18-5-6-19-40(39)43/h1-30H. The molecule has 0 unspecified atom stereocenters. The third-order valence-electron chi connectivity index (χ3n) is 11.2. The van der Waals surface area contributed by atoms with E-state index < -0.39 is 0 Å². The van der Waals surface area contributed by atoms with E-state index in [1.54, 1.807) is 11.3 Å². The van der Waals surface area contributed by atoms with Crippen molar-refractivity contribution in [1.29, 1.82) is 0 Å². The summed E-state index contributed by atoms with van der Waals surface area (Å²) >= 11 is 1.76. The summed E-state index contributed by atoms with van der Waals surface area (Å²) in [5, 5.41) is 10.6. The zero-order valence-corrected chi connectivity index (χ0v) is 30.8. The van der Waals surface area contributed by atoms with Crippen molar-refractivity contribution in [3.8, 4) is 44.9 Å². The number of benzene rings is 9. The first kappa shape index (κ1) is 31.2. The monoisotopic (exact) mass is 730 g/mol. The number of nitrogens with zero attached hydrogens (tertiary/aromatic N) is 2. The molecule has 3 nitrogen and oxygen atoms in total. The summed E-state index contributed by atoms with van der Waals surface area (Å²) in [6, 6.07) is 65.0. The van der Waals surface area contributed by atoms with Crippen molar-refractivity contribution in [1.82, 2.24) is 9.97 Å². The van der Waals surface area contributed by atoms with Crippen molar-refractivity contribution in [3.05, 3.63) is 182 Å². The number of rotatable bonds is 4. The molecule has 12 aromatic rings. The Bertz CT molecular complexity index is 3560.